The van der Waals surface area contributed by atoms with Crippen molar-refractivity contribution in [2.24, 2.45) is 0 Å². The monoisotopic (exact) mass is 828 g/mol. The third-order valence-electron chi connectivity index (χ3n) is 10.5. The number of aromatic amines is 1. The van der Waals surface area contributed by atoms with Gasteiger partial charge >= 0.3 is 12.2 Å². The highest BCUT2D eigenvalue weighted by Crippen LogP contribution is 2.29. The third-order valence-corrected chi connectivity index (χ3v) is 10.5. The molecule has 0 radical (unpaired) electrons. The maximum absolute atomic E-state index is 14.0. The van der Waals surface area contributed by atoms with Gasteiger partial charge in [-0.1, -0.05) is 60.7 Å². The number of hydrogen-bond donors (Lipinski definition) is 6. The quantitative estimate of drug-likeness (QED) is 0.0872. The van der Waals surface area contributed by atoms with Gasteiger partial charge in [-0.15, -0.1) is 0 Å². The van der Waals surface area contributed by atoms with Crippen LogP contribution in [0.15, 0.2) is 103 Å². The van der Waals surface area contributed by atoms with Gasteiger partial charge in [0.15, 0.2) is 0 Å². The molecule has 2 aliphatic rings. The number of carbonyl (C=O) groups is 6. The van der Waals surface area contributed by atoms with E-state index in [0.29, 0.717) is 78.1 Å². The van der Waals surface area contributed by atoms with Gasteiger partial charge < -0.3 is 45.9 Å². The fraction of sp³-hybridized carbons (Fsp3) is 0.311. The number of likely N-dealkylation sites (tertiary alicyclic amines) is 2. The molecule has 2 fully saturated rings. The first-order valence-electron chi connectivity index (χ1n) is 20.2. The van der Waals surface area contributed by atoms with E-state index in [4.69, 9.17) is 9.72 Å². The zero-order chi connectivity index (χ0) is 43.3. The molecule has 16 nitrogen and oxygen atoms in total. The van der Waals surface area contributed by atoms with Crippen molar-refractivity contribution in [1.82, 2.24) is 30.4 Å². The summed E-state index contributed by atoms with van der Waals surface area (Å²) in [5.74, 6) is -1.08. The molecule has 4 atom stereocenters. The second kappa shape index (κ2) is 17.9. The summed E-state index contributed by atoms with van der Waals surface area (Å²) in [6, 6.07) is 26.0. The van der Waals surface area contributed by atoms with Crippen molar-refractivity contribution in [2.45, 2.75) is 76.2 Å². The van der Waals surface area contributed by atoms with Crippen molar-refractivity contribution < 1.29 is 38.6 Å². The number of alkyl carbamates (subject to hydrolysis) is 1. The number of hydrogen-bond acceptors (Lipinski definition) is 8. The second-order valence-corrected chi connectivity index (χ2v) is 16.0. The Bertz CT molecular complexity index is 2420. The van der Waals surface area contributed by atoms with E-state index < -0.39 is 53.8 Å². The SMILES string of the molecule is CC(C)(C)OC(=O)N[C@@H](C(=O)N1CCC[C@H]1C(=O)Nc1ccc2nc(-c3ccc(NC(=O)[C@@H]4CCCN4C(=O)[C@H](NC(=O)O)c4ccccc4)cc3)[nH]c2c1)c1ccccc1. The topological polar surface area (TPSA) is 215 Å². The normalized spacial score (nSPS) is 17.3. The van der Waals surface area contributed by atoms with Crippen molar-refractivity contribution in [2.75, 3.05) is 23.7 Å². The molecule has 0 saturated carbocycles. The van der Waals surface area contributed by atoms with Gasteiger partial charge in [0.05, 0.1) is 11.0 Å². The minimum absolute atomic E-state index is 0.320. The van der Waals surface area contributed by atoms with E-state index in [0.717, 1.165) is 5.56 Å². The zero-order valence-corrected chi connectivity index (χ0v) is 34.0. The Labute approximate surface area is 352 Å². The van der Waals surface area contributed by atoms with Gasteiger partial charge in [-0.05, 0) is 100 Å². The molecule has 0 spiro atoms. The Morgan fingerprint density at radius 1 is 0.705 bits per heavy atom. The van der Waals surface area contributed by atoms with Crippen LogP contribution in [-0.2, 0) is 23.9 Å². The molecule has 0 unspecified atom stereocenters. The van der Waals surface area contributed by atoms with Gasteiger partial charge in [-0.3, -0.25) is 19.2 Å². The van der Waals surface area contributed by atoms with Crippen molar-refractivity contribution in [3.63, 3.8) is 0 Å². The number of amides is 6. The zero-order valence-electron chi connectivity index (χ0n) is 34.0. The molecule has 2 aliphatic heterocycles. The number of aromatic nitrogens is 2. The predicted molar refractivity (Wildman–Crippen MR) is 227 cm³/mol. The van der Waals surface area contributed by atoms with Crippen LogP contribution in [0.2, 0.25) is 0 Å². The molecule has 7 rings (SSSR count). The summed E-state index contributed by atoms with van der Waals surface area (Å²) in [5.41, 5.74) is 3.34. The van der Waals surface area contributed by atoms with Gasteiger partial charge in [0, 0.05) is 30.0 Å². The van der Waals surface area contributed by atoms with Gasteiger partial charge in [0.1, 0.15) is 35.6 Å². The van der Waals surface area contributed by atoms with Gasteiger partial charge in [-0.25, -0.2) is 14.6 Å². The molecule has 1 aromatic heterocycles. The Hall–Kier alpha value is -7.23. The number of H-pyrrole nitrogens is 1. The highest BCUT2D eigenvalue weighted by molar-refractivity contribution is 6.01. The van der Waals surface area contributed by atoms with Crippen LogP contribution < -0.4 is 21.3 Å². The standard InChI is InChI=1S/C45H48N8O8/c1-45(2,3)61-44(60)51-37(28-14-8-5-9-15-28)42(57)53-25-11-17-35(53)40(55)47-31-22-23-32-33(26-31)49-38(48-32)29-18-20-30(21-19-29)46-39(54)34-16-10-24-52(34)41(56)36(50-43(58)59)27-12-6-4-7-13-27/h4-9,12-15,18-23,26,34-37,50H,10-11,16-17,24-25H2,1-3H3,(H,46,54)(H,47,55)(H,48,49)(H,51,60)(H,58,59)/t34-,35-,36+,37+/m0/s1. The lowest BCUT2D eigenvalue weighted by Gasteiger charge is -2.29. The van der Waals surface area contributed by atoms with E-state index in [9.17, 15) is 33.9 Å². The van der Waals surface area contributed by atoms with E-state index in [1.54, 1.807) is 118 Å². The molecule has 0 bridgehead atoms. The molecule has 3 heterocycles. The van der Waals surface area contributed by atoms with Crippen LogP contribution in [-0.4, -0.2) is 91.5 Å². The fourth-order valence-electron chi connectivity index (χ4n) is 7.74. The lowest BCUT2D eigenvalue weighted by Crippen LogP contribution is -2.49. The maximum Gasteiger partial charge on any atom is 0.408 e. The van der Waals surface area contributed by atoms with E-state index in [1.165, 1.54) is 9.80 Å². The highest BCUT2D eigenvalue weighted by atomic mass is 16.6. The summed E-state index contributed by atoms with van der Waals surface area (Å²) in [7, 11) is 0. The third kappa shape index (κ3) is 9.98. The second-order valence-electron chi connectivity index (χ2n) is 16.0. The summed E-state index contributed by atoms with van der Waals surface area (Å²) in [4.78, 5) is 90.1. The van der Waals surface area contributed by atoms with Crippen molar-refractivity contribution >= 4 is 58.2 Å². The first-order valence-corrected chi connectivity index (χ1v) is 20.2. The lowest BCUT2D eigenvalue weighted by molar-refractivity contribution is -0.138. The number of anilines is 2. The smallest absolute Gasteiger partial charge is 0.408 e. The Morgan fingerprint density at radius 3 is 1.74 bits per heavy atom. The summed E-state index contributed by atoms with van der Waals surface area (Å²) >= 11 is 0. The summed E-state index contributed by atoms with van der Waals surface area (Å²) < 4.78 is 5.44. The highest BCUT2D eigenvalue weighted by Gasteiger charge is 2.40. The Kier molecular flexibility index (Phi) is 12.3. The minimum Gasteiger partial charge on any atom is -0.465 e. The van der Waals surface area contributed by atoms with Crippen LogP contribution in [0.1, 0.15) is 69.7 Å². The summed E-state index contributed by atoms with van der Waals surface area (Å²) in [6.07, 6.45) is 0.0175. The molecule has 316 valence electrons. The molecule has 0 aliphatic carbocycles. The molecule has 4 aromatic carbocycles. The van der Waals surface area contributed by atoms with Crippen LogP contribution in [0.3, 0.4) is 0 Å². The van der Waals surface area contributed by atoms with Crippen molar-refractivity contribution in [1.29, 1.82) is 0 Å². The van der Waals surface area contributed by atoms with Crippen molar-refractivity contribution in [3.8, 4) is 11.4 Å². The van der Waals surface area contributed by atoms with Crippen LogP contribution in [0.25, 0.3) is 22.4 Å². The van der Waals surface area contributed by atoms with E-state index in [1.807, 2.05) is 6.07 Å². The molecule has 2 saturated heterocycles. The number of nitrogens with zero attached hydrogens (tertiary/aromatic N) is 3. The number of fused-ring (bicyclic) bond motifs is 1. The predicted octanol–water partition coefficient (Wildman–Crippen LogP) is 6.36. The van der Waals surface area contributed by atoms with Crippen LogP contribution in [0, 0.1) is 0 Å². The van der Waals surface area contributed by atoms with Gasteiger partial charge in [0.2, 0.25) is 11.8 Å². The summed E-state index contributed by atoms with van der Waals surface area (Å²) in [6.45, 7) is 5.88. The van der Waals surface area contributed by atoms with Crippen molar-refractivity contribution in [3.05, 3.63) is 114 Å². The number of nitrogens with one attached hydrogen (secondary N) is 5. The number of benzene rings is 4. The number of ether oxygens (including phenoxy) is 1. The van der Waals surface area contributed by atoms with E-state index >= 15 is 0 Å². The summed E-state index contributed by atoms with van der Waals surface area (Å²) in [5, 5.41) is 20.3. The molecule has 16 heteroatoms. The number of imidazole rings is 1. The average molecular weight is 829 g/mol. The lowest BCUT2D eigenvalue weighted by atomic mass is 10.0. The molecular formula is C45H48N8O8. The maximum atomic E-state index is 14.0. The van der Waals surface area contributed by atoms with E-state index in [-0.39, 0.29) is 11.8 Å². The minimum atomic E-state index is -1.34. The van der Waals surface area contributed by atoms with Crippen LogP contribution in [0.5, 0.6) is 0 Å². The average Bonchev–Trinajstić information content (AvgIpc) is 4.02. The first-order chi connectivity index (χ1) is 29.2. The van der Waals surface area contributed by atoms with Gasteiger partial charge in [-0.2, -0.15) is 0 Å². The Morgan fingerprint density at radius 2 is 1.21 bits per heavy atom. The molecule has 61 heavy (non-hydrogen) atoms. The molecular weight excluding hydrogens is 781 g/mol. The fourth-order valence-corrected chi connectivity index (χ4v) is 7.74. The molecule has 5 aromatic rings. The molecule has 6 amide bonds. The van der Waals surface area contributed by atoms with Gasteiger partial charge in [0.25, 0.3) is 11.8 Å². The number of carboxylic acid groups (broad SMARTS) is 1. The Balaban J connectivity index is 0.991. The van der Waals surface area contributed by atoms with E-state index in [2.05, 4.69) is 26.3 Å². The van der Waals surface area contributed by atoms with Crippen LogP contribution in [0.4, 0.5) is 21.0 Å². The number of rotatable bonds is 11. The molecule has 6 N–H and O–H groups in total. The van der Waals surface area contributed by atoms with Crippen LogP contribution >= 0.6 is 0 Å². The largest absolute Gasteiger partial charge is 0.465 e. The first kappa shape index (κ1) is 41.9. The number of carbonyl (C=O) groups excluding carboxylic acids is 5.